The Hall–Kier alpha value is -2.36. The average molecular weight is 393 g/mol. The van der Waals surface area contributed by atoms with Gasteiger partial charge in [0.1, 0.15) is 18.8 Å². The Morgan fingerprint density at radius 3 is 2.50 bits per heavy atom. The molecule has 1 aromatic rings. The van der Waals surface area contributed by atoms with Gasteiger partial charge in [0, 0.05) is 45.0 Å². The zero-order chi connectivity index (χ0) is 20.4. The zero-order valence-electron chi connectivity index (χ0n) is 16.2. The lowest BCUT2D eigenvalue weighted by Crippen LogP contribution is -2.49. The molecule has 1 fully saturated rings. The van der Waals surface area contributed by atoms with Gasteiger partial charge in [-0.15, -0.1) is 0 Å². The molecule has 0 bridgehead atoms. The van der Waals surface area contributed by atoms with Crippen LogP contribution in [0.15, 0.2) is 35.3 Å². The van der Waals surface area contributed by atoms with E-state index in [0.717, 1.165) is 26.2 Å². The molecule has 9 heteroatoms. The Morgan fingerprint density at radius 1 is 1.18 bits per heavy atom. The molecule has 1 unspecified atom stereocenters. The van der Waals surface area contributed by atoms with Crippen LogP contribution in [0.5, 0.6) is 0 Å². The number of aliphatic hydroxyl groups is 1. The van der Waals surface area contributed by atoms with E-state index in [1.54, 1.807) is 0 Å². The first-order valence-electron chi connectivity index (χ1n) is 9.63. The lowest BCUT2D eigenvalue weighted by Gasteiger charge is -2.36. The van der Waals surface area contributed by atoms with Gasteiger partial charge in [-0.1, -0.05) is 18.2 Å². The molecular formula is C19H32N6O3. The molecule has 9 nitrogen and oxygen atoms in total. The minimum Gasteiger partial charge on any atom is -0.462 e. The van der Waals surface area contributed by atoms with Gasteiger partial charge in [-0.2, -0.15) is 0 Å². The molecule has 0 saturated carbocycles. The largest absolute Gasteiger partial charge is 0.462 e. The second-order valence-corrected chi connectivity index (χ2v) is 6.96. The predicted molar refractivity (Wildman–Crippen MR) is 110 cm³/mol. The first kappa shape index (κ1) is 21.9. The van der Waals surface area contributed by atoms with E-state index < -0.39 is 18.1 Å². The average Bonchev–Trinajstić information content (AvgIpc) is 2.70. The number of carbonyl (C=O) groups excluding carboxylic acids is 1. The van der Waals surface area contributed by atoms with Gasteiger partial charge in [-0.3, -0.25) is 14.7 Å². The molecule has 1 saturated heterocycles. The molecule has 1 heterocycles. The van der Waals surface area contributed by atoms with Crippen LogP contribution in [0.3, 0.4) is 0 Å². The maximum absolute atomic E-state index is 11.9. The summed E-state index contributed by atoms with van der Waals surface area (Å²) in [4.78, 5) is 20.2. The van der Waals surface area contributed by atoms with Crippen molar-refractivity contribution < 1.29 is 14.6 Å². The number of esters is 1. The van der Waals surface area contributed by atoms with Gasteiger partial charge in [0.15, 0.2) is 5.96 Å². The van der Waals surface area contributed by atoms with Gasteiger partial charge in [0.2, 0.25) is 0 Å². The molecule has 2 rings (SSSR count). The van der Waals surface area contributed by atoms with Crippen LogP contribution in [0.2, 0.25) is 0 Å². The summed E-state index contributed by atoms with van der Waals surface area (Å²) in [6.07, 6.45) is 0.274. The summed E-state index contributed by atoms with van der Waals surface area (Å²) in [7, 11) is 0. The summed E-state index contributed by atoms with van der Waals surface area (Å²) in [5.41, 5.74) is 17.5. The monoisotopic (exact) mass is 392 g/mol. The van der Waals surface area contributed by atoms with E-state index in [1.807, 2.05) is 18.2 Å². The SMILES string of the molecule is NC(N)=NCCCC(N)C(=O)OC[C@H](O)CN1CCN(c2ccccc2)CC1. The topological polar surface area (TPSA) is 143 Å². The van der Waals surface area contributed by atoms with Crippen LogP contribution in [0, 0.1) is 0 Å². The molecule has 1 aromatic carbocycles. The van der Waals surface area contributed by atoms with Crippen LogP contribution in [-0.2, 0) is 9.53 Å². The van der Waals surface area contributed by atoms with Gasteiger partial charge in [0.25, 0.3) is 0 Å². The minimum atomic E-state index is -0.740. The molecule has 28 heavy (non-hydrogen) atoms. The Kier molecular flexibility index (Phi) is 8.99. The highest BCUT2D eigenvalue weighted by atomic mass is 16.5. The maximum atomic E-state index is 11.9. The number of guanidine groups is 1. The van der Waals surface area contributed by atoms with Crippen LogP contribution < -0.4 is 22.1 Å². The van der Waals surface area contributed by atoms with Crippen molar-refractivity contribution in [3.05, 3.63) is 30.3 Å². The first-order valence-corrected chi connectivity index (χ1v) is 9.63. The molecule has 1 aliphatic heterocycles. The van der Waals surface area contributed by atoms with Gasteiger partial charge in [-0.05, 0) is 25.0 Å². The second kappa shape index (κ2) is 11.5. The quantitative estimate of drug-likeness (QED) is 0.173. The predicted octanol–water partition coefficient (Wildman–Crippen LogP) is -0.906. The third kappa shape index (κ3) is 7.71. The molecule has 0 aliphatic carbocycles. The first-order chi connectivity index (χ1) is 13.5. The Morgan fingerprint density at radius 2 is 1.86 bits per heavy atom. The number of rotatable bonds is 10. The summed E-state index contributed by atoms with van der Waals surface area (Å²) in [6, 6.07) is 9.54. The number of ether oxygens (including phenoxy) is 1. The van der Waals surface area contributed by atoms with E-state index in [1.165, 1.54) is 5.69 Å². The molecule has 7 N–H and O–H groups in total. The van der Waals surface area contributed by atoms with Crippen molar-refractivity contribution in [2.45, 2.75) is 25.0 Å². The fraction of sp³-hybridized carbons (Fsp3) is 0.579. The molecule has 2 atom stereocenters. The highest BCUT2D eigenvalue weighted by molar-refractivity contribution is 5.76. The molecule has 0 aromatic heterocycles. The van der Waals surface area contributed by atoms with Crippen molar-refractivity contribution in [3.63, 3.8) is 0 Å². The number of piperazine rings is 1. The highest BCUT2D eigenvalue weighted by Crippen LogP contribution is 2.15. The van der Waals surface area contributed by atoms with Crippen molar-refractivity contribution in [2.24, 2.45) is 22.2 Å². The van der Waals surface area contributed by atoms with Crippen molar-refractivity contribution in [1.29, 1.82) is 0 Å². The fourth-order valence-corrected chi connectivity index (χ4v) is 3.10. The van der Waals surface area contributed by atoms with Gasteiger partial charge >= 0.3 is 5.97 Å². The number of carbonyl (C=O) groups is 1. The standard InChI is InChI=1S/C19H32N6O3/c20-17(7-4-8-23-19(21)22)18(27)28-14-16(26)13-24-9-11-25(12-10-24)15-5-2-1-3-6-15/h1-3,5-6,16-17,26H,4,7-14,20H2,(H4,21,22,23)/t16-,17?/m1/s1. The Balaban J connectivity index is 1.61. The summed E-state index contributed by atoms with van der Waals surface area (Å²) in [5, 5.41) is 10.2. The number of aliphatic hydroxyl groups excluding tert-OH is 1. The molecule has 0 spiro atoms. The summed E-state index contributed by atoms with van der Waals surface area (Å²) in [5.74, 6) is -0.499. The number of nitrogens with zero attached hydrogens (tertiary/aromatic N) is 3. The molecule has 1 aliphatic rings. The van der Waals surface area contributed by atoms with Gasteiger partial charge < -0.3 is 31.9 Å². The van der Waals surface area contributed by atoms with E-state index >= 15 is 0 Å². The third-order valence-corrected chi connectivity index (χ3v) is 4.65. The number of aliphatic imine (C=N–C) groups is 1. The summed E-state index contributed by atoms with van der Waals surface area (Å²) >= 11 is 0. The minimum absolute atomic E-state index is 0.0175. The van der Waals surface area contributed by atoms with E-state index in [2.05, 4.69) is 26.9 Å². The van der Waals surface area contributed by atoms with Crippen molar-refractivity contribution in [1.82, 2.24) is 4.90 Å². The van der Waals surface area contributed by atoms with Gasteiger partial charge in [0.05, 0.1) is 0 Å². The molecule has 0 amide bonds. The number of hydrogen-bond donors (Lipinski definition) is 4. The second-order valence-electron chi connectivity index (χ2n) is 6.96. The number of β-amino-alcohol motifs (C(OH)–C–C–N with tert-alkyl or cyclic N) is 1. The number of hydrogen-bond acceptors (Lipinski definition) is 7. The fourth-order valence-electron chi connectivity index (χ4n) is 3.10. The Bertz CT molecular complexity index is 615. The van der Waals surface area contributed by atoms with Crippen LogP contribution >= 0.6 is 0 Å². The van der Waals surface area contributed by atoms with Crippen LogP contribution in [0.1, 0.15) is 12.8 Å². The van der Waals surface area contributed by atoms with E-state index in [-0.39, 0.29) is 12.6 Å². The maximum Gasteiger partial charge on any atom is 0.323 e. The highest BCUT2D eigenvalue weighted by Gasteiger charge is 2.21. The van der Waals surface area contributed by atoms with E-state index in [0.29, 0.717) is 25.9 Å². The van der Waals surface area contributed by atoms with E-state index in [4.69, 9.17) is 21.9 Å². The summed E-state index contributed by atoms with van der Waals surface area (Å²) < 4.78 is 5.14. The number of para-hydroxylation sites is 1. The molecular weight excluding hydrogens is 360 g/mol. The summed E-state index contributed by atoms with van der Waals surface area (Å²) in [6.45, 7) is 4.33. The van der Waals surface area contributed by atoms with E-state index in [9.17, 15) is 9.90 Å². The molecule has 156 valence electrons. The number of benzene rings is 1. The normalized spacial score (nSPS) is 17.0. The van der Waals surface area contributed by atoms with Crippen LogP contribution in [0.25, 0.3) is 0 Å². The lowest BCUT2D eigenvalue weighted by molar-refractivity contribution is -0.148. The van der Waals surface area contributed by atoms with Crippen molar-refractivity contribution >= 4 is 17.6 Å². The van der Waals surface area contributed by atoms with Gasteiger partial charge in [-0.25, -0.2) is 0 Å². The lowest BCUT2D eigenvalue weighted by atomic mass is 10.2. The third-order valence-electron chi connectivity index (χ3n) is 4.65. The number of nitrogens with two attached hydrogens (primary N) is 3. The number of anilines is 1. The van der Waals surface area contributed by atoms with Crippen molar-refractivity contribution in [2.75, 3.05) is 50.8 Å². The smallest absolute Gasteiger partial charge is 0.323 e. The Labute approximate surface area is 166 Å². The molecule has 0 radical (unpaired) electrons. The van der Waals surface area contributed by atoms with Crippen LogP contribution in [-0.4, -0.2) is 80.0 Å². The zero-order valence-corrected chi connectivity index (χ0v) is 16.2. The van der Waals surface area contributed by atoms with Crippen molar-refractivity contribution in [3.8, 4) is 0 Å². The van der Waals surface area contributed by atoms with Crippen LogP contribution in [0.4, 0.5) is 5.69 Å².